The molecule has 5 aromatic rings. The molecule has 0 unspecified atom stereocenters. The molecule has 0 N–H and O–H groups in total. The van der Waals surface area contributed by atoms with Crippen LogP contribution in [0.2, 0.25) is 0 Å². The van der Waals surface area contributed by atoms with E-state index in [1.54, 1.807) is 24.3 Å². The number of carbonyl (C=O) groups is 1. The van der Waals surface area contributed by atoms with E-state index in [1.807, 2.05) is 53.1 Å². The highest BCUT2D eigenvalue weighted by molar-refractivity contribution is 6.13. The van der Waals surface area contributed by atoms with Gasteiger partial charge in [-0.2, -0.15) is 0 Å². The van der Waals surface area contributed by atoms with Gasteiger partial charge in [-0.1, -0.05) is 35.5 Å². The van der Waals surface area contributed by atoms with Crippen LogP contribution in [0.5, 0.6) is 0 Å². The van der Waals surface area contributed by atoms with Gasteiger partial charge in [0.25, 0.3) is 5.69 Å². The van der Waals surface area contributed by atoms with Crippen molar-refractivity contribution in [1.82, 2.24) is 4.57 Å². The van der Waals surface area contributed by atoms with Gasteiger partial charge in [0.15, 0.2) is 0 Å². The Morgan fingerprint density at radius 2 is 1.51 bits per heavy atom. The molecule has 0 aliphatic heterocycles. The molecular formula is C27H18FN3O4. The highest BCUT2D eigenvalue weighted by Gasteiger charge is 2.16. The molecule has 7 nitrogen and oxygen atoms in total. The molecule has 0 spiro atoms. The Labute approximate surface area is 198 Å². The molecule has 0 saturated heterocycles. The molecular weight excluding hydrogens is 449 g/mol. The maximum atomic E-state index is 13.4. The van der Waals surface area contributed by atoms with Crippen LogP contribution in [0.3, 0.4) is 0 Å². The van der Waals surface area contributed by atoms with E-state index in [0.717, 1.165) is 27.5 Å². The van der Waals surface area contributed by atoms with Gasteiger partial charge in [0.05, 0.1) is 16.0 Å². The summed E-state index contributed by atoms with van der Waals surface area (Å²) in [7, 11) is 0. The Morgan fingerprint density at radius 1 is 0.886 bits per heavy atom. The smallest absolute Gasteiger partial charge is 0.318 e. The summed E-state index contributed by atoms with van der Waals surface area (Å²) < 4.78 is 15.5. The van der Waals surface area contributed by atoms with Gasteiger partial charge in [-0.05, 0) is 48.5 Å². The van der Waals surface area contributed by atoms with Crippen LogP contribution in [0.4, 0.5) is 10.1 Å². The summed E-state index contributed by atoms with van der Waals surface area (Å²) >= 11 is 0. The van der Waals surface area contributed by atoms with Gasteiger partial charge in [-0.15, -0.1) is 0 Å². The molecule has 0 saturated carbocycles. The Bertz CT molecular complexity index is 1620. The minimum absolute atomic E-state index is 0.0290. The highest BCUT2D eigenvalue weighted by Crippen LogP contribution is 2.34. The summed E-state index contributed by atoms with van der Waals surface area (Å²) in [5.41, 5.74) is 4.23. The lowest BCUT2D eigenvalue weighted by atomic mass is 10.0. The van der Waals surface area contributed by atoms with Crippen molar-refractivity contribution in [2.24, 2.45) is 5.16 Å². The van der Waals surface area contributed by atoms with Crippen molar-refractivity contribution in [3.8, 4) is 5.69 Å². The number of benzene rings is 4. The number of oxime groups is 1. The van der Waals surface area contributed by atoms with E-state index in [9.17, 15) is 19.3 Å². The van der Waals surface area contributed by atoms with Gasteiger partial charge in [-0.25, -0.2) is 9.18 Å². The fraction of sp³-hybridized carbons (Fsp3) is 0.0370. The van der Waals surface area contributed by atoms with Crippen LogP contribution in [-0.4, -0.2) is 21.2 Å². The van der Waals surface area contributed by atoms with Gasteiger partial charge in [-0.3, -0.25) is 10.1 Å². The van der Waals surface area contributed by atoms with Crippen LogP contribution < -0.4 is 0 Å². The van der Waals surface area contributed by atoms with Gasteiger partial charge in [0.1, 0.15) is 11.5 Å². The van der Waals surface area contributed by atoms with E-state index in [0.29, 0.717) is 16.8 Å². The number of rotatable bonds is 5. The third-order valence-corrected chi connectivity index (χ3v) is 5.65. The monoisotopic (exact) mass is 467 g/mol. The fourth-order valence-corrected chi connectivity index (χ4v) is 4.11. The Hall–Kier alpha value is -4.85. The number of hydrogen-bond donors (Lipinski definition) is 0. The maximum absolute atomic E-state index is 13.4. The van der Waals surface area contributed by atoms with E-state index in [2.05, 4.69) is 5.16 Å². The second-order valence-corrected chi connectivity index (χ2v) is 7.89. The Morgan fingerprint density at radius 3 is 2.17 bits per heavy atom. The molecule has 0 radical (unpaired) electrons. The molecule has 35 heavy (non-hydrogen) atoms. The normalized spacial score (nSPS) is 11.7. The number of hydrogen-bond acceptors (Lipinski definition) is 5. The van der Waals surface area contributed by atoms with Gasteiger partial charge in [0, 0.05) is 46.6 Å². The lowest BCUT2D eigenvalue weighted by molar-refractivity contribution is -0.384. The molecule has 0 fully saturated rings. The quantitative estimate of drug-likeness (QED) is 0.134. The van der Waals surface area contributed by atoms with Crippen molar-refractivity contribution in [3.05, 3.63) is 118 Å². The number of aromatic nitrogens is 1. The third-order valence-electron chi connectivity index (χ3n) is 5.65. The number of carbonyl (C=O) groups excluding carboxylic acids is 1. The summed E-state index contributed by atoms with van der Waals surface area (Å²) in [6, 6.07) is 25.7. The molecule has 8 heteroatoms. The number of fused-ring (bicyclic) bond motifs is 3. The first kappa shape index (κ1) is 22.0. The lowest BCUT2D eigenvalue weighted by Gasteiger charge is -2.11. The van der Waals surface area contributed by atoms with Crippen LogP contribution in [0.25, 0.3) is 27.5 Å². The topological polar surface area (TPSA) is 86.7 Å². The van der Waals surface area contributed by atoms with Gasteiger partial charge >= 0.3 is 5.97 Å². The number of nitro benzene ring substituents is 1. The molecule has 0 amide bonds. The molecule has 0 aliphatic rings. The number of nitrogens with zero attached hydrogens (tertiary/aromatic N) is 3. The second-order valence-electron chi connectivity index (χ2n) is 7.89. The largest absolute Gasteiger partial charge is 0.332 e. The minimum atomic E-state index is -0.569. The predicted octanol–water partition coefficient (Wildman–Crippen LogP) is 6.15. The minimum Gasteiger partial charge on any atom is -0.318 e. The van der Waals surface area contributed by atoms with Gasteiger partial charge < -0.3 is 9.40 Å². The van der Waals surface area contributed by atoms with Crippen LogP contribution in [0.1, 0.15) is 18.1 Å². The summed E-state index contributed by atoms with van der Waals surface area (Å²) in [5, 5.41) is 17.0. The van der Waals surface area contributed by atoms with E-state index < -0.39 is 10.9 Å². The van der Waals surface area contributed by atoms with E-state index in [1.165, 1.54) is 25.1 Å². The molecule has 1 aromatic heterocycles. The van der Waals surface area contributed by atoms with Crippen molar-refractivity contribution in [3.63, 3.8) is 0 Å². The summed E-state index contributed by atoms with van der Waals surface area (Å²) in [4.78, 5) is 27.2. The standard InChI is InChI=1S/C27H18FN3O4/c1-17(32)35-29-27(18-6-10-20(28)11-7-18)19-8-12-21(13-9-19)30-25-5-3-2-4-23(25)24-16-22(31(33)34)14-15-26(24)30/h2-16H,1H3/b29-27-. The van der Waals surface area contributed by atoms with Crippen molar-refractivity contribution >= 4 is 39.2 Å². The Kier molecular flexibility index (Phi) is 5.54. The van der Waals surface area contributed by atoms with Crippen LogP contribution >= 0.6 is 0 Å². The number of halogens is 1. The number of nitro groups is 1. The van der Waals surface area contributed by atoms with Crippen molar-refractivity contribution < 1.29 is 18.9 Å². The van der Waals surface area contributed by atoms with E-state index in [-0.39, 0.29) is 11.5 Å². The van der Waals surface area contributed by atoms with Crippen LogP contribution in [0.15, 0.2) is 96.2 Å². The summed E-state index contributed by atoms with van der Waals surface area (Å²) in [5.74, 6) is -0.955. The molecule has 0 aliphatic carbocycles. The average molecular weight is 467 g/mol. The summed E-state index contributed by atoms with van der Waals surface area (Å²) in [6.45, 7) is 1.25. The van der Waals surface area contributed by atoms with Crippen molar-refractivity contribution in [2.45, 2.75) is 6.92 Å². The number of non-ortho nitro benzene ring substituents is 1. The maximum Gasteiger partial charge on any atom is 0.332 e. The zero-order chi connectivity index (χ0) is 24.5. The Balaban J connectivity index is 1.63. The predicted molar refractivity (Wildman–Crippen MR) is 131 cm³/mol. The average Bonchev–Trinajstić information content (AvgIpc) is 3.19. The first-order valence-corrected chi connectivity index (χ1v) is 10.7. The molecule has 0 atom stereocenters. The summed E-state index contributed by atoms with van der Waals surface area (Å²) in [6.07, 6.45) is 0. The first-order valence-electron chi connectivity index (χ1n) is 10.7. The number of para-hydroxylation sites is 1. The second kappa shape index (κ2) is 8.83. The van der Waals surface area contributed by atoms with Crippen LogP contribution in [0, 0.1) is 15.9 Å². The molecule has 4 aromatic carbocycles. The zero-order valence-corrected chi connectivity index (χ0v) is 18.5. The first-order chi connectivity index (χ1) is 16.9. The molecule has 0 bridgehead atoms. The van der Waals surface area contributed by atoms with Crippen LogP contribution in [-0.2, 0) is 9.63 Å². The van der Waals surface area contributed by atoms with Crippen molar-refractivity contribution in [1.29, 1.82) is 0 Å². The molecule has 172 valence electrons. The zero-order valence-electron chi connectivity index (χ0n) is 18.5. The lowest BCUT2D eigenvalue weighted by Crippen LogP contribution is -2.06. The van der Waals surface area contributed by atoms with E-state index >= 15 is 0 Å². The van der Waals surface area contributed by atoms with Gasteiger partial charge in [0.2, 0.25) is 0 Å². The highest BCUT2D eigenvalue weighted by atomic mass is 19.1. The van der Waals surface area contributed by atoms with E-state index in [4.69, 9.17) is 4.84 Å². The molecule has 5 rings (SSSR count). The SMILES string of the molecule is CC(=O)O/N=C(/c1ccc(F)cc1)c1ccc(-n2c3ccccc3c3cc([N+](=O)[O-])ccc32)cc1. The molecule has 1 heterocycles. The van der Waals surface area contributed by atoms with Crippen molar-refractivity contribution in [2.75, 3.05) is 0 Å². The fourth-order valence-electron chi connectivity index (χ4n) is 4.11. The third kappa shape index (κ3) is 4.13.